The molecule has 2 aromatic heterocycles. The lowest BCUT2D eigenvalue weighted by Crippen LogP contribution is -1.98. The highest BCUT2D eigenvalue weighted by Gasteiger charge is 2.17. The van der Waals surface area contributed by atoms with Gasteiger partial charge in [0, 0.05) is 16.5 Å². The molecule has 6 heteroatoms. The lowest BCUT2D eigenvalue weighted by Gasteiger charge is -2.17. The fraction of sp³-hybridized carbons (Fsp3) is 0.235. The molecule has 23 heavy (non-hydrogen) atoms. The van der Waals surface area contributed by atoms with Crippen LogP contribution in [-0.4, -0.2) is 22.1 Å². The average molecular weight is 327 g/mol. The van der Waals surface area contributed by atoms with Gasteiger partial charge in [0.25, 0.3) is 0 Å². The first-order chi connectivity index (χ1) is 11.2. The minimum Gasteiger partial charge on any atom is -0.496 e. The number of rotatable bonds is 5. The first-order valence-corrected chi connectivity index (χ1v) is 8.16. The summed E-state index contributed by atoms with van der Waals surface area (Å²) in [6, 6.07) is 3.98. The van der Waals surface area contributed by atoms with E-state index in [2.05, 4.69) is 28.8 Å². The number of ether oxygens (including phenoxy) is 2. The molecular formula is C17H17N3O2S. The van der Waals surface area contributed by atoms with Gasteiger partial charge in [-0.1, -0.05) is 13.8 Å². The molecule has 0 saturated heterocycles. The SMILES string of the molecule is COc1cc(C(C)C)c(Oc2cncnc2)cc1-c1cscn1. The van der Waals surface area contributed by atoms with Crippen molar-refractivity contribution in [2.75, 3.05) is 7.11 Å². The summed E-state index contributed by atoms with van der Waals surface area (Å²) in [5, 5.41) is 1.99. The van der Waals surface area contributed by atoms with Crippen molar-refractivity contribution >= 4 is 11.3 Å². The van der Waals surface area contributed by atoms with Crippen LogP contribution in [0.4, 0.5) is 0 Å². The van der Waals surface area contributed by atoms with E-state index in [1.807, 2.05) is 17.5 Å². The Hall–Kier alpha value is -2.47. The number of nitrogens with zero attached hydrogens (tertiary/aromatic N) is 3. The molecule has 0 aliphatic heterocycles. The summed E-state index contributed by atoms with van der Waals surface area (Å²) in [4.78, 5) is 12.4. The molecule has 0 amide bonds. The Morgan fingerprint density at radius 1 is 1.09 bits per heavy atom. The van der Waals surface area contributed by atoms with Gasteiger partial charge in [0.2, 0.25) is 0 Å². The molecule has 0 spiro atoms. The van der Waals surface area contributed by atoms with Crippen molar-refractivity contribution in [3.05, 3.63) is 47.3 Å². The molecule has 0 saturated carbocycles. The fourth-order valence-electron chi connectivity index (χ4n) is 2.29. The maximum absolute atomic E-state index is 6.00. The number of methoxy groups -OCH3 is 1. The van der Waals surface area contributed by atoms with E-state index in [-0.39, 0.29) is 5.92 Å². The first-order valence-electron chi connectivity index (χ1n) is 7.22. The molecule has 0 fully saturated rings. The summed E-state index contributed by atoms with van der Waals surface area (Å²) in [5.74, 6) is 2.44. The predicted molar refractivity (Wildman–Crippen MR) is 90.3 cm³/mol. The van der Waals surface area contributed by atoms with Crippen LogP contribution in [0.2, 0.25) is 0 Å². The second-order valence-electron chi connectivity index (χ2n) is 5.29. The third-order valence-corrected chi connectivity index (χ3v) is 4.01. The summed E-state index contributed by atoms with van der Waals surface area (Å²) in [7, 11) is 1.67. The lowest BCUT2D eigenvalue weighted by atomic mass is 9.98. The van der Waals surface area contributed by atoms with Crippen molar-refractivity contribution in [2.24, 2.45) is 0 Å². The number of hydrogen-bond donors (Lipinski definition) is 0. The molecule has 0 radical (unpaired) electrons. The molecule has 3 aromatic rings. The predicted octanol–water partition coefficient (Wildman–Crippen LogP) is 4.52. The van der Waals surface area contributed by atoms with Crippen molar-refractivity contribution in [3.63, 3.8) is 0 Å². The molecule has 0 bridgehead atoms. The van der Waals surface area contributed by atoms with E-state index in [1.54, 1.807) is 36.4 Å². The van der Waals surface area contributed by atoms with Gasteiger partial charge in [0.15, 0.2) is 5.75 Å². The van der Waals surface area contributed by atoms with Crippen LogP contribution < -0.4 is 9.47 Å². The third kappa shape index (κ3) is 3.32. The third-order valence-electron chi connectivity index (χ3n) is 3.43. The van der Waals surface area contributed by atoms with E-state index in [0.717, 1.165) is 28.3 Å². The summed E-state index contributed by atoms with van der Waals surface area (Å²) in [6.45, 7) is 4.23. The maximum atomic E-state index is 6.00. The summed E-state index contributed by atoms with van der Waals surface area (Å²) < 4.78 is 11.6. The second-order valence-corrected chi connectivity index (χ2v) is 6.01. The van der Waals surface area contributed by atoms with Gasteiger partial charge in [0.05, 0.1) is 30.7 Å². The van der Waals surface area contributed by atoms with Crippen molar-refractivity contribution in [1.82, 2.24) is 15.0 Å². The van der Waals surface area contributed by atoms with Gasteiger partial charge < -0.3 is 9.47 Å². The van der Waals surface area contributed by atoms with Crippen LogP contribution in [0.15, 0.2) is 41.7 Å². The quantitative estimate of drug-likeness (QED) is 0.689. The van der Waals surface area contributed by atoms with Crippen LogP contribution in [0.5, 0.6) is 17.2 Å². The molecule has 0 unspecified atom stereocenters. The van der Waals surface area contributed by atoms with E-state index >= 15 is 0 Å². The highest BCUT2D eigenvalue weighted by molar-refractivity contribution is 7.07. The normalized spacial score (nSPS) is 10.8. The Morgan fingerprint density at radius 3 is 2.48 bits per heavy atom. The van der Waals surface area contributed by atoms with Crippen LogP contribution in [0.3, 0.4) is 0 Å². The van der Waals surface area contributed by atoms with Crippen molar-refractivity contribution < 1.29 is 9.47 Å². The Balaban J connectivity index is 2.10. The zero-order valence-corrected chi connectivity index (χ0v) is 14.0. The van der Waals surface area contributed by atoms with Gasteiger partial charge >= 0.3 is 0 Å². The Morgan fingerprint density at radius 2 is 1.87 bits per heavy atom. The molecule has 0 N–H and O–H groups in total. The zero-order chi connectivity index (χ0) is 16.2. The van der Waals surface area contributed by atoms with Crippen molar-refractivity contribution in [3.8, 4) is 28.5 Å². The van der Waals surface area contributed by atoms with Gasteiger partial charge in [-0.3, -0.25) is 0 Å². The monoisotopic (exact) mass is 327 g/mol. The zero-order valence-electron chi connectivity index (χ0n) is 13.2. The average Bonchev–Trinajstić information content (AvgIpc) is 3.09. The van der Waals surface area contributed by atoms with E-state index in [4.69, 9.17) is 9.47 Å². The highest BCUT2D eigenvalue weighted by Crippen LogP contribution is 2.40. The number of benzene rings is 1. The molecular weight excluding hydrogens is 310 g/mol. The Kier molecular flexibility index (Phi) is 4.52. The van der Waals surface area contributed by atoms with Crippen LogP contribution >= 0.6 is 11.3 Å². The molecule has 0 aliphatic carbocycles. The molecule has 1 aromatic carbocycles. The Bertz CT molecular complexity index is 774. The first kappa shape index (κ1) is 15.4. The van der Waals surface area contributed by atoms with Gasteiger partial charge in [-0.05, 0) is 18.1 Å². The van der Waals surface area contributed by atoms with Crippen LogP contribution in [-0.2, 0) is 0 Å². The highest BCUT2D eigenvalue weighted by atomic mass is 32.1. The van der Waals surface area contributed by atoms with Gasteiger partial charge in [-0.25, -0.2) is 15.0 Å². The van der Waals surface area contributed by atoms with Crippen LogP contribution in [0.25, 0.3) is 11.3 Å². The summed E-state index contributed by atoms with van der Waals surface area (Å²) in [6.07, 6.45) is 4.76. The number of hydrogen-bond acceptors (Lipinski definition) is 6. The minimum absolute atomic E-state index is 0.285. The van der Waals surface area contributed by atoms with Gasteiger partial charge in [-0.2, -0.15) is 0 Å². The number of thiazole rings is 1. The summed E-state index contributed by atoms with van der Waals surface area (Å²) >= 11 is 1.55. The van der Waals surface area contributed by atoms with E-state index in [9.17, 15) is 0 Å². The van der Waals surface area contributed by atoms with Crippen molar-refractivity contribution in [1.29, 1.82) is 0 Å². The van der Waals surface area contributed by atoms with Crippen LogP contribution in [0, 0.1) is 0 Å². The number of aromatic nitrogens is 3. The van der Waals surface area contributed by atoms with Gasteiger partial charge in [0.1, 0.15) is 17.8 Å². The largest absolute Gasteiger partial charge is 0.496 e. The molecule has 0 aliphatic rings. The van der Waals surface area contributed by atoms with Gasteiger partial charge in [-0.15, -0.1) is 11.3 Å². The Labute approximate surface area is 139 Å². The smallest absolute Gasteiger partial charge is 0.164 e. The molecule has 0 atom stereocenters. The van der Waals surface area contributed by atoms with E-state index < -0.39 is 0 Å². The second kappa shape index (κ2) is 6.75. The van der Waals surface area contributed by atoms with Crippen LogP contribution in [0.1, 0.15) is 25.3 Å². The minimum atomic E-state index is 0.285. The van der Waals surface area contributed by atoms with E-state index in [0.29, 0.717) is 5.75 Å². The maximum Gasteiger partial charge on any atom is 0.164 e. The van der Waals surface area contributed by atoms with Crippen molar-refractivity contribution in [2.45, 2.75) is 19.8 Å². The summed E-state index contributed by atoms with van der Waals surface area (Å²) in [5.41, 5.74) is 4.64. The van der Waals surface area contributed by atoms with E-state index in [1.165, 1.54) is 6.33 Å². The molecule has 118 valence electrons. The standard InChI is InChI=1S/C17H17N3O2S/c1-11(2)13-4-16(21-3)14(15-8-23-10-20-15)5-17(13)22-12-6-18-9-19-7-12/h4-11H,1-3H3. The fourth-order valence-corrected chi connectivity index (χ4v) is 2.85. The molecule has 5 nitrogen and oxygen atoms in total. The molecule has 2 heterocycles. The molecule has 3 rings (SSSR count). The lowest BCUT2D eigenvalue weighted by molar-refractivity contribution is 0.412. The topological polar surface area (TPSA) is 57.1 Å².